The summed E-state index contributed by atoms with van der Waals surface area (Å²) in [5.41, 5.74) is 9.49. The Morgan fingerprint density at radius 2 is 1.64 bits per heavy atom. The third kappa shape index (κ3) is 3.72. The first-order valence-electron chi connectivity index (χ1n) is 11.3. The molecule has 4 nitrogen and oxygen atoms in total. The van der Waals surface area contributed by atoms with Crippen LogP contribution in [-0.4, -0.2) is 14.7 Å². The number of anilines is 1. The summed E-state index contributed by atoms with van der Waals surface area (Å²) in [4.78, 5) is 6.93. The number of rotatable bonds is 4. The van der Waals surface area contributed by atoms with Gasteiger partial charge < -0.3 is 14.8 Å². The van der Waals surface area contributed by atoms with Gasteiger partial charge >= 0.3 is 0 Å². The van der Waals surface area contributed by atoms with Crippen molar-refractivity contribution in [1.29, 1.82) is 0 Å². The number of thiocarbonyl (C=S) groups is 1. The molecule has 1 N–H and O–H groups in total. The first-order valence-corrected chi connectivity index (χ1v) is 11.7. The number of hydrogen-bond donors (Lipinski definition) is 1. The molecule has 0 saturated carbocycles. The maximum Gasteiger partial charge on any atom is 0.174 e. The number of nitrogens with one attached hydrogen (secondary N) is 1. The van der Waals surface area contributed by atoms with Gasteiger partial charge in [0, 0.05) is 29.0 Å². The standard InChI is InChI=1S/C28H28N4S/c1-18-13-14-19(2)25(16-18)31-20(3)17-23(21(31)4)27-26(24-12-8-9-15-29-24)30-28(33)32(27)22-10-6-5-7-11-22/h5-17,26-27H,1-4H3,(H,30,33)/t26-,27-/m1/s1. The second-order valence-corrected chi connectivity index (χ2v) is 9.17. The van der Waals surface area contributed by atoms with Crippen LogP contribution in [0.25, 0.3) is 5.69 Å². The molecule has 1 aliphatic heterocycles. The lowest BCUT2D eigenvalue weighted by Crippen LogP contribution is -2.29. The Bertz CT molecular complexity index is 1310. The zero-order chi connectivity index (χ0) is 23.1. The van der Waals surface area contributed by atoms with Gasteiger partial charge in [0.1, 0.15) is 0 Å². The van der Waals surface area contributed by atoms with E-state index in [2.05, 4.69) is 102 Å². The summed E-state index contributed by atoms with van der Waals surface area (Å²) in [6.07, 6.45) is 1.85. The Hall–Kier alpha value is -3.44. The number of hydrogen-bond acceptors (Lipinski definition) is 2. The predicted molar refractivity (Wildman–Crippen MR) is 139 cm³/mol. The second-order valence-electron chi connectivity index (χ2n) is 8.78. The molecule has 5 rings (SSSR count). The van der Waals surface area contributed by atoms with Crippen molar-refractivity contribution in [3.63, 3.8) is 0 Å². The summed E-state index contributed by atoms with van der Waals surface area (Å²) in [6, 6.07) is 25.3. The van der Waals surface area contributed by atoms with Crippen molar-refractivity contribution in [1.82, 2.24) is 14.9 Å². The van der Waals surface area contributed by atoms with E-state index >= 15 is 0 Å². The van der Waals surface area contributed by atoms with E-state index in [1.807, 2.05) is 24.4 Å². The largest absolute Gasteiger partial charge is 0.351 e. The molecule has 2 aromatic heterocycles. The van der Waals surface area contributed by atoms with Crippen molar-refractivity contribution in [3.8, 4) is 5.69 Å². The van der Waals surface area contributed by atoms with Gasteiger partial charge in [-0.15, -0.1) is 0 Å². The molecule has 2 atom stereocenters. The van der Waals surface area contributed by atoms with Crippen molar-refractivity contribution in [3.05, 3.63) is 113 Å². The van der Waals surface area contributed by atoms with E-state index in [4.69, 9.17) is 12.2 Å². The average molecular weight is 453 g/mol. The number of para-hydroxylation sites is 1. The molecular weight excluding hydrogens is 424 g/mol. The van der Waals surface area contributed by atoms with E-state index in [1.165, 1.54) is 33.8 Å². The monoisotopic (exact) mass is 452 g/mol. The lowest BCUT2D eigenvalue weighted by atomic mass is 9.96. The average Bonchev–Trinajstić information content (AvgIpc) is 3.32. The third-order valence-corrected chi connectivity index (χ3v) is 6.84. The van der Waals surface area contributed by atoms with Crippen molar-refractivity contribution in [2.45, 2.75) is 39.8 Å². The number of pyridine rings is 1. The summed E-state index contributed by atoms with van der Waals surface area (Å²) < 4.78 is 2.37. The van der Waals surface area contributed by atoms with Crippen LogP contribution >= 0.6 is 12.2 Å². The first kappa shape index (κ1) is 21.4. The fraction of sp³-hybridized carbons (Fsp3) is 0.214. The zero-order valence-electron chi connectivity index (χ0n) is 19.4. The van der Waals surface area contributed by atoms with Crippen molar-refractivity contribution >= 4 is 23.0 Å². The van der Waals surface area contributed by atoms with Crippen molar-refractivity contribution in [2.75, 3.05) is 4.90 Å². The molecule has 0 aliphatic carbocycles. The van der Waals surface area contributed by atoms with E-state index in [9.17, 15) is 0 Å². The highest BCUT2D eigenvalue weighted by Gasteiger charge is 2.42. The van der Waals surface area contributed by atoms with Gasteiger partial charge in [0.25, 0.3) is 0 Å². The predicted octanol–water partition coefficient (Wildman–Crippen LogP) is 6.28. The van der Waals surface area contributed by atoms with Crippen molar-refractivity contribution in [2.24, 2.45) is 0 Å². The molecule has 1 aliphatic rings. The van der Waals surface area contributed by atoms with E-state index in [0.717, 1.165) is 16.5 Å². The van der Waals surface area contributed by atoms with Gasteiger partial charge in [-0.1, -0.05) is 36.4 Å². The molecule has 1 fully saturated rings. The quantitative estimate of drug-likeness (QED) is 0.369. The van der Waals surface area contributed by atoms with Crippen LogP contribution in [0.5, 0.6) is 0 Å². The third-order valence-electron chi connectivity index (χ3n) is 6.53. The number of nitrogens with zero attached hydrogens (tertiary/aromatic N) is 3. The van der Waals surface area contributed by atoms with Crippen LogP contribution in [-0.2, 0) is 0 Å². The van der Waals surface area contributed by atoms with Crippen LogP contribution in [0.1, 0.15) is 45.9 Å². The Balaban J connectivity index is 1.70. The lowest BCUT2D eigenvalue weighted by molar-refractivity contribution is 0.565. The van der Waals surface area contributed by atoms with Crippen LogP contribution in [0.3, 0.4) is 0 Å². The van der Waals surface area contributed by atoms with Gasteiger partial charge in [-0.05, 0) is 93.0 Å². The maximum atomic E-state index is 5.87. The Morgan fingerprint density at radius 3 is 2.36 bits per heavy atom. The molecule has 3 heterocycles. The van der Waals surface area contributed by atoms with E-state index < -0.39 is 0 Å². The van der Waals surface area contributed by atoms with Gasteiger partial charge in [-0.25, -0.2) is 0 Å². The van der Waals surface area contributed by atoms with Gasteiger partial charge in [0.2, 0.25) is 0 Å². The molecule has 1 saturated heterocycles. The van der Waals surface area contributed by atoms with E-state index in [0.29, 0.717) is 0 Å². The van der Waals surface area contributed by atoms with Gasteiger partial charge in [0.05, 0.1) is 17.8 Å². The number of benzene rings is 2. The second kappa shape index (κ2) is 8.49. The number of aromatic nitrogens is 2. The minimum Gasteiger partial charge on any atom is -0.351 e. The topological polar surface area (TPSA) is 33.1 Å². The highest BCUT2D eigenvalue weighted by molar-refractivity contribution is 7.80. The smallest absolute Gasteiger partial charge is 0.174 e. The minimum absolute atomic E-state index is 0.0140. The van der Waals surface area contributed by atoms with E-state index in [-0.39, 0.29) is 12.1 Å². The Labute approximate surface area is 200 Å². The highest BCUT2D eigenvalue weighted by atomic mass is 32.1. The molecule has 0 bridgehead atoms. The molecule has 0 spiro atoms. The zero-order valence-corrected chi connectivity index (χ0v) is 20.2. The fourth-order valence-electron chi connectivity index (χ4n) is 4.96. The Morgan fingerprint density at radius 1 is 0.879 bits per heavy atom. The molecule has 4 aromatic rings. The lowest BCUT2D eigenvalue weighted by Gasteiger charge is -2.28. The summed E-state index contributed by atoms with van der Waals surface area (Å²) >= 11 is 5.87. The maximum absolute atomic E-state index is 5.87. The fourth-order valence-corrected chi connectivity index (χ4v) is 5.30. The van der Waals surface area contributed by atoms with Crippen LogP contribution in [0.4, 0.5) is 5.69 Å². The molecule has 166 valence electrons. The van der Waals surface area contributed by atoms with Crippen molar-refractivity contribution < 1.29 is 0 Å². The Kier molecular flexibility index (Phi) is 5.51. The van der Waals surface area contributed by atoms with Crippen LogP contribution < -0.4 is 10.2 Å². The van der Waals surface area contributed by atoms with Crippen LogP contribution in [0, 0.1) is 27.7 Å². The first-order chi connectivity index (χ1) is 16.0. The molecule has 33 heavy (non-hydrogen) atoms. The molecule has 0 radical (unpaired) electrons. The van der Waals surface area contributed by atoms with Gasteiger partial charge in [-0.3, -0.25) is 4.98 Å². The van der Waals surface area contributed by atoms with E-state index in [1.54, 1.807) is 0 Å². The summed E-state index contributed by atoms with van der Waals surface area (Å²) in [7, 11) is 0. The SMILES string of the molecule is Cc1ccc(C)c(-n2c(C)cc([C@@H]3[C@@H](c4ccccn4)NC(=S)N3c3ccccc3)c2C)c1. The normalized spacial score (nSPS) is 17.9. The molecule has 2 aromatic carbocycles. The van der Waals surface area contributed by atoms with Crippen LogP contribution in [0.2, 0.25) is 0 Å². The van der Waals surface area contributed by atoms with Gasteiger partial charge in [0.15, 0.2) is 5.11 Å². The number of aryl methyl sites for hydroxylation is 3. The minimum atomic E-state index is -0.0496. The molecule has 0 unspecified atom stereocenters. The summed E-state index contributed by atoms with van der Waals surface area (Å²) in [5.74, 6) is 0. The molecular formula is C28H28N4S. The molecule has 0 amide bonds. The van der Waals surface area contributed by atoms with Gasteiger partial charge in [-0.2, -0.15) is 0 Å². The molecule has 5 heteroatoms. The highest BCUT2D eigenvalue weighted by Crippen LogP contribution is 2.43. The summed E-state index contributed by atoms with van der Waals surface area (Å²) in [6.45, 7) is 8.71. The summed E-state index contributed by atoms with van der Waals surface area (Å²) in [5, 5.41) is 4.29. The van der Waals surface area contributed by atoms with Crippen LogP contribution in [0.15, 0.2) is 79.0 Å².